The minimum absolute atomic E-state index is 0.136. The molecule has 0 fully saturated rings. The fourth-order valence-corrected chi connectivity index (χ4v) is 2.11. The van der Waals surface area contributed by atoms with Crippen LogP contribution in [0.5, 0.6) is 0 Å². The van der Waals surface area contributed by atoms with E-state index in [1.807, 2.05) is 0 Å². The molecule has 112 valence electrons. The van der Waals surface area contributed by atoms with Gasteiger partial charge in [-0.05, 0) is 33.6 Å². The van der Waals surface area contributed by atoms with Crippen molar-refractivity contribution in [1.82, 2.24) is 0 Å². The molecule has 2 aromatic rings. The van der Waals surface area contributed by atoms with Gasteiger partial charge in [-0.2, -0.15) is 0 Å². The first-order valence-corrected chi connectivity index (χ1v) is 6.19. The molecule has 2 rings (SSSR count). The first-order chi connectivity index (χ1) is 9.75. The van der Waals surface area contributed by atoms with Crippen LogP contribution < -0.4 is 0 Å². The topological polar surface area (TPSA) is 20.2 Å². The van der Waals surface area contributed by atoms with E-state index in [1.165, 1.54) is 0 Å². The summed E-state index contributed by atoms with van der Waals surface area (Å²) in [6, 6.07) is 2.80. The van der Waals surface area contributed by atoms with Gasteiger partial charge in [-0.15, -0.1) is 0 Å². The Morgan fingerprint density at radius 2 is 1.29 bits per heavy atom. The lowest BCUT2D eigenvalue weighted by Gasteiger charge is -2.15. The third-order valence-electron chi connectivity index (χ3n) is 2.78. The molecule has 0 saturated heterocycles. The van der Waals surface area contributed by atoms with Crippen LogP contribution in [0.15, 0.2) is 22.7 Å². The Bertz CT molecular complexity index is 689. The van der Waals surface area contributed by atoms with Crippen molar-refractivity contribution in [1.29, 1.82) is 0 Å². The molecule has 2 aromatic carbocycles. The largest absolute Gasteiger partial charge is 0.383 e. The summed E-state index contributed by atoms with van der Waals surface area (Å²) in [5.41, 5.74) is -1.64. The zero-order valence-electron chi connectivity index (χ0n) is 9.90. The molecular weight excluding hydrogens is 366 g/mol. The smallest absolute Gasteiger partial charge is 0.200 e. The van der Waals surface area contributed by atoms with Gasteiger partial charge in [0.2, 0.25) is 5.82 Å². The van der Waals surface area contributed by atoms with E-state index in [9.17, 15) is 31.4 Å². The second-order valence-corrected chi connectivity index (χ2v) is 4.91. The standard InChI is InChI=1S/C13H5BrF6O/c14-5-3-4(1-2-6(5)15)13(21)7-8(16)10(18)12(20)11(19)9(7)17/h1-3,13,21H. The summed E-state index contributed by atoms with van der Waals surface area (Å²) in [6.45, 7) is 0. The molecule has 0 bridgehead atoms. The maximum atomic E-state index is 13.6. The van der Waals surface area contributed by atoms with Gasteiger partial charge in [0.05, 0.1) is 10.0 Å². The lowest BCUT2D eigenvalue weighted by molar-refractivity contribution is 0.202. The molecule has 0 heterocycles. The molecule has 1 N–H and O–H groups in total. The summed E-state index contributed by atoms with van der Waals surface area (Å²) < 4.78 is 79.1. The van der Waals surface area contributed by atoms with Gasteiger partial charge in [-0.3, -0.25) is 0 Å². The molecular formula is C13H5BrF6O. The molecule has 0 radical (unpaired) electrons. The molecule has 0 aliphatic carbocycles. The Hall–Kier alpha value is -1.54. The van der Waals surface area contributed by atoms with Gasteiger partial charge < -0.3 is 5.11 Å². The monoisotopic (exact) mass is 370 g/mol. The van der Waals surface area contributed by atoms with Gasteiger partial charge in [0.15, 0.2) is 23.3 Å². The van der Waals surface area contributed by atoms with E-state index in [0.717, 1.165) is 18.2 Å². The fourth-order valence-electron chi connectivity index (χ4n) is 1.71. The van der Waals surface area contributed by atoms with Crippen LogP contribution in [0, 0.1) is 34.9 Å². The second kappa shape index (κ2) is 5.69. The summed E-state index contributed by atoms with van der Waals surface area (Å²) in [5, 5.41) is 9.83. The molecule has 1 nitrogen and oxygen atoms in total. The van der Waals surface area contributed by atoms with Crippen LogP contribution in [0.1, 0.15) is 17.2 Å². The van der Waals surface area contributed by atoms with Crippen LogP contribution in [0.4, 0.5) is 26.3 Å². The first kappa shape index (κ1) is 15.8. The van der Waals surface area contributed by atoms with Crippen molar-refractivity contribution in [3.63, 3.8) is 0 Å². The highest BCUT2D eigenvalue weighted by atomic mass is 79.9. The minimum Gasteiger partial charge on any atom is -0.383 e. The van der Waals surface area contributed by atoms with E-state index in [2.05, 4.69) is 15.9 Å². The van der Waals surface area contributed by atoms with Crippen molar-refractivity contribution < 1.29 is 31.4 Å². The van der Waals surface area contributed by atoms with Crippen molar-refractivity contribution in [2.75, 3.05) is 0 Å². The highest BCUT2D eigenvalue weighted by molar-refractivity contribution is 9.10. The van der Waals surface area contributed by atoms with Crippen molar-refractivity contribution in [3.8, 4) is 0 Å². The summed E-state index contributed by atoms with van der Waals surface area (Å²) in [5.74, 6) is -11.6. The number of aliphatic hydroxyl groups excluding tert-OH is 1. The lowest BCUT2D eigenvalue weighted by atomic mass is 10.00. The maximum Gasteiger partial charge on any atom is 0.200 e. The summed E-state index contributed by atoms with van der Waals surface area (Å²) >= 11 is 2.78. The number of hydrogen-bond acceptors (Lipinski definition) is 1. The van der Waals surface area contributed by atoms with Gasteiger partial charge in [-0.25, -0.2) is 26.3 Å². The normalized spacial score (nSPS) is 12.6. The first-order valence-electron chi connectivity index (χ1n) is 5.40. The SMILES string of the molecule is OC(c1ccc(F)c(Br)c1)c1c(F)c(F)c(F)c(F)c1F. The molecule has 21 heavy (non-hydrogen) atoms. The number of aliphatic hydroxyl groups is 1. The highest BCUT2D eigenvalue weighted by Crippen LogP contribution is 2.32. The Morgan fingerprint density at radius 3 is 1.76 bits per heavy atom. The van der Waals surface area contributed by atoms with Crippen molar-refractivity contribution >= 4 is 15.9 Å². The molecule has 0 aliphatic heterocycles. The average Bonchev–Trinajstić information content (AvgIpc) is 2.46. The van der Waals surface area contributed by atoms with Crippen molar-refractivity contribution in [2.24, 2.45) is 0 Å². The van der Waals surface area contributed by atoms with Gasteiger partial charge in [0.1, 0.15) is 11.9 Å². The number of hydrogen-bond donors (Lipinski definition) is 1. The molecule has 0 spiro atoms. The van der Waals surface area contributed by atoms with Crippen LogP contribution in [0.3, 0.4) is 0 Å². The van der Waals surface area contributed by atoms with E-state index >= 15 is 0 Å². The molecule has 0 aromatic heterocycles. The van der Waals surface area contributed by atoms with E-state index in [0.29, 0.717) is 0 Å². The Balaban J connectivity index is 2.63. The van der Waals surface area contributed by atoms with Crippen LogP contribution in [0.2, 0.25) is 0 Å². The summed E-state index contributed by atoms with van der Waals surface area (Å²) in [7, 11) is 0. The fraction of sp³-hybridized carbons (Fsp3) is 0.0769. The number of benzene rings is 2. The highest BCUT2D eigenvalue weighted by Gasteiger charge is 2.30. The quantitative estimate of drug-likeness (QED) is 0.473. The van der Waals surface area contributed by atoms with Crippen LogP contribution >= 0.6 is 15.9 Å². The predicted molar refractivity (Wildman–Crippen MR) is 64.4 cm³/mol. The molecule has 1 atom stereocenters. The molecule has 1 unspecified atom stereocenters. The number of halogens is 7. The van der Waals surface area contributed by atoms with E-state index in [1.54, 1.807) is 0 Å². The van der Waals surface area contributed by atoms with Gasteiger partial charge >= 0.3 is 0 Å². The van der Waals surface area contributed by atoms with Gasteiger partial charge in [0.25, 0.3) is 0 Å². The van der Waals surface area contributed by atoms with Crippen molar-refractivity contribution in [3.05, 3.63) is 68.7 Å². The number of rotatable bonds is 2. The molecule has 0 amide bonds. The molecule has 8 heteroatoms. The van der Waals surface area contributed by atoms with E-state index in [-0.39, 0.29) is 10.0 Å². The van der Waals surface area contributed by atoms with Crippen LogP contribution in [-0.4, -0.2) is 5.11 Å². The molecule has 0 aliphatic rings. The van der Waals surface area contributed by atoms with Crippen LogP contribution in [-0.2, 0) is 0 Å². The second-order valence-electron chi connectivity index (χ2n) is 4.06. The zero-order valence-corrected chi connectivity index (χ0v) is 11.5. The van der Waals surface area contributed by atoms with Gasteiger partial charge in [-0.1, -0.05) is 6.07 Å². The van der Waals surface area contributed by atoms with Crippen molar-refractivity contribution in [2.45, 2.75) is 6.10 Å². The Kier molecular flexibility index (Phi) is 4.29. The lowest BCUT2D eigenvalue weighted by Crippen LogP contribution is -2.12. The summed E-state index contributed by atoms with van der Waals surface area (Å²) in [4.78, 5) is 0. The zero-order chi connectivity index (χ0) is 15.9. The Morgan fingerprint density at radius 1 is 0.810 bits per heavy atom. The van der Waals surface area contributed by atoms with Crippen LogP contribution in [0.25, 0.3) is 0 Å². The Labute approximate surface area is 123 Å². The summed E-state index contributed by atoms with van der Waals surface area (Å²) in [6.07, 6.45) is -2.15. The minimum atomic E-state index is -2.32. The predicted octanol–water partition coefficient (Wildman–Crippen LogP) is 4.37. The van der Waals surface area contributed by atoms with Gasteiger partial charge in [0, 0.05) is 0 Å². The average molecular weight is 371 g/mol. The molecule has 0 saturated carbocycles. The maximum absolute atomic E-state index is 13.6. The third-order valence-corrected chi connectivity index (χ3v) is 3.38. The van der Waals surface area contributed by atoms with E-state index in [4.69, 9.17) is 0 Å². The third kappa shape index (κ3) is 2.65. The van der Waals surface area contributed by atoms with E-state index < -0.39 is 46.6 Å².